The largest absolute Gasteiger partial charge is 0.337 e. The summed E-state index contributed by atoms with van der Waals surface area (Å²) in [5.41, 5.74) is 2.71. The Labute approximate surface area is 135 Å². The Morgan fingerprint density at radius 1 is 1.00 bits per heavy atom. The van der Waals surface area contributed by atoms with Crippen molar-refractivity contribution < 1.29 is 4.79 Å². The Bertz CT molecular complexity index is 892. The van der Waals surface area contributed by atoms with Crippen LogP contribution in [0.4, 0.5) is 0 Å². The number of halogens is 1. The molecule has 0 fully saturated rings. The fraction of sp³-hybridized carbons (Fsp3) is 0.0588. The first kappa shape index (κ1) is 14.5. The van der Waals surface area contributed by atoms with E-state index >= 15 is 0 Å². The lowest BCUT2D eigenvalue weighted by Gasteiger charge is -2.07. The van der Waals surface area contributed by atoms with Gasteiger partial charge in [-0.3, -0.25) is 13.9 Å². The van der Waals surface area contributed by atoms with Gasteiger partial charge in [0.1, 0.15) is 0 Å². The predicted molar refractivity (Wildman–Crippen MR) is 89.2 cm³/mol. The molecule has 0 N–H and O–H groups in total. The number of carbonyl (C=O) groups is 1. The number of carbonyl (C=O) groups excluding carboxylic acids is 1. The molecule has 0 aliphatic rings. The number of benzene rings is 2. The van der Waals surface area contributed by atoms with Crippen molar-refractivity contribution in [1.82, 2.24) is 9.13 Å². The number of aromatic nitrogens is 2. The van der Waals surface area contributed by atoms with Gasteiger partial charge in [0.2, 0.25) is 0 Å². The molecule has 4 nitrogen and oxygen atoms in total. The van der Waals surface area contributed by atoms with E-state index in [9.17, 15) is 9.59 Å². The smallest absolute Gasteiger partial charge is 0.298 e. The van der Waals surface area contributed by atoms with Crippen molar-refractivity contribution in [1.29, 1.82) is 0 Å². The average molecular weight is 357 g/mol. The summed E-state index contributed by atoms with van der Waals surface area (Å²) in [6, 6.07) is 13.0. The van der Waals surface area contributed by atoms with E-state index in [-0.39, 0.29) is 5.69 Å². The minimum absolute atomic E-state index is 0.218. The van der Waals surface area contributed by atoms with Crippen LogP contribution in [0.1, 0.15) is 15.9 Å². The van der Waals surface area contributed by atoms with Crippen LogP contribution in [0.2, 0.25) is 0 Å². The summed E-state index contributed by atoms with van der Waals surface area (Å²) < 4.78 is 3.68. The van der Waals surface area contributed by atoms with Gasteiger partial charge in [0.05, 0.1) is 16.9 Å². The van der Waals surface area contributed by atoms with Crippen molar-refractivity contribution in [2.45, 2.75) is 6.92 Å². The maximum Gasteiger partial charge on any atom is 0.337 e. The van der Waals surface area contributed by atoms with Crippen LogP contribution in [0, 0.1) is 6.92 Å². The van der Waals surface area contributed by atoms with E-state index in [0.29, 0.717) is 15.7 Å². The van der Waals surface area contributed by atoms with E-state index in [1.165, 1.54) is 4.57 Å². The van der Waals surface area contributed by atoms with E-state index in [4.69, 9.17) is 0 Å². The molecule has 5 heteroatoms. The zero-order chi connectivity index (χ0) is 15.7. The molecular weight excluding hydrogens is 344 g/mol. The van der Waals surface area contributed by atoms with Crippen molar-refractivity contribution in [3.05, 3.63) is 80.9 Å². The monoisotopic (exact) mass is 356 g/mol. The van der Waals surface area contributed by atoms with Crippen molar-refractivity contribution in [2.75, 3.05) is 0 Å². The number of hydrogen-bond acceptors (Lipinski definition) is 2. The molecule has 0 saturated heterocycles. The molecule has 0 aliphatic carbocycles. The molecule has 1 heterocycles. The molecule has 0 bridgehead atoms. The van der Waals surface area contributed by atoms with Crippen molar-refractivity contribution in [3.8, 4) is 11.4 Å². The van der Waals surface area contributed by atoms with Crippen LogP contribution < -0.4 is 5.69 Å². The normalized spacial score (nSPS) is 10.6. The van der Waals surface area contributed by atoms with Gasteiger partial charge in [-0.1, -0.05) is 23.8 Å². The van der Waals surface area contributed by atoms with Crippen LogP contribution in [0.5, 0.6) is 0 Å². The first-order valence-corrected chi connectivity index (χ1v) is 7.52. The first-order chi connectivity index (χ1) is 10.6. The maximum atomic E-state index is 12.6. The molecule has 0 atom stereocenters. The first-order valence-electron chi connectivity index (χ1n) is 6.73. The summed E-state index contributed by atoms with van der Waals surface area (Å²) in [5.74, 6) is 0. The summed E-state index contributed by atoms with van der Waals surface area (Å²) in [5, 5.41) is 0. The van der Waals surface area contributed by atoms with E-state index in [2.05, 4.69) is 15.9 Å². The van der Waals surface area contributed by atoms with Crippen molar-refractivity contribution in [2.24, 2.45) is 0 Å². The number of nitrogens with zero attached hydrogens (tertiary/aromatic N) is 2. The highest BCUT2D eigenvalue weighted by atomic mass is 79.9. The van der Waals surface area contributed by atoms with Gasteiger partial charge in [0, 0.05) is 16.9 Å². The summed E-state index contributed by atoms with van der Waals surface area (Å²) in [7, 11) is 0. The van der Waals surface area contributed by atoms with Crippen molar-refractivity contribution in [3.63, 3.8) is 0 Å². The van der Waals surface area contributed by atoms with Crippen LogP contribution in [0.15, 0.2) is 64.1 Å². The number of rotatable bonds is 3. The molecular formula is C17H13BrN2O2. The molecule has 2 aromatic carbocycles. The van der Waals surface area contributed by atoms with Crippen LogP contribution in [-0.4, -0.2) is 15.4 Å². The van der Waals surface area contributed by atoms with Crippen molar-refractivity contribution >= 4 is 22.2 Å². The fourth-order valence-electron chi connectivity index (χ4n) is 2.31. The zero-order valence-electron chi connectivity index (χ0n) is 11.9. The third-order valence-electron chi connectivity index (χ3n) is 3.50. The molecule has 3 rings (SSSR count). The van der Waals surface area contributed by atoms with Crippen LogP contribution in [0.25, 0.3) is 11.4 Å². The minimum Gasteiger partial charge on any atom is -0.298 e. The molecule has 0 spiro atoms. The molecule has 110 valence electrons. The SMILES string of the molecule is Cc1ccc(-n2ccn(-c3cccc(Br)c3C=O)c2=O)cc1. The summed E-state index contributed by atoms with van der Waals surface area (Å²) in [6.45, 7) is 2.00. The van der Waals surface area contributed by atoms with Gasteiger partial charge in [-0.15, -0.1) is 0 Å². The van der Waals surface area contributed by atoms with Gasteiger partial charge in [-0.25, -0.2) is 4.79 Å². The van der Waals surface area contributed by atoms with E-state index < -0.39 is 0 Å². The molecule has 0 radical (unpaired) electrons. The molecule has 0 aliphatic heterocycles. The van der Waals surface area contributed by atoms with E-state index in [1.807, 2.05) is 31.2 Å². The zero-order valence-corrected chi connectivity index (χ0v) is 13.4. The average Bonchev–Trinajstić information content (AvgIpc) is 2.89. The number of aldehydes is 1. The molecule has 22 heavy (non-hydrogen) atoms. The van der Waals surface area contributed by atoms with Gasteiger partial charge in [-0.05, 0) is 47.1 Å². The van der Waals surface area contributed by atoms with E-state index in [0.717, 1.165) is 17.5 Å². The lowest BCUT2D eigenvalue weighted by molar-refractivity contribution is 0.112. The fourth-order valence-corrected chi connectivity index (χ4v) is 2.76. The third-order valence-corrected chi connectivity index (χ3v) is 4.19. The summed E-state index contributed by atoms with van der Waals surface area (Å²) in [6.07, 6.45) is 4.11. The van der Waals surface area contributed by atoms with Gasteiger partial charge in [0.15, 0.2) is 6.29 Å². The minimum atomic E-state index is -0.218. The standard InChI is InChI=1S/C17H13BrN2O2/c1-12-5-7-13(8-6-12)19-9-10-20(17(19)22)16-4-2-3-15(18)14(16)11-21/h2-11H,1H3. The van der Waals surface area contributed by atoms with Crippen LogP contribution in [0.3, 0.4) is 0 Å². The second-order valence-electron chi connectivity index (χ2n) is 4.95. The van der Waals surface area contributed by atoms with Crippen LogP contribution >= 0.6 is 15.9 Å². The molecule has 0 amide bonds. The number of hydrogen-bond donors (Lipinski definition) is 0. The second kappa shape index (κ2) is 5.77. The summed E-state index contributed by atoms with van der Waals surface area (Å²) >= 11 is 3.34. The maximum absolute atomic E-state index is 12.6. The molecule has 3 aromatic rings. The van der Waals surface area contributed by atoms with Gasteiger partial charge >= 0.3 is 5.69 Å². The Kier molecular flexibility index (Phi) is 3.81. The molecule has 0 saturated carbocycles. The molecule has 1 aromatic heterocycles. The highest BCUT2D eigenvalue weighted by molar-refractivity contribution is 9.10. The Morgan fingerprint density at radius 2 is 1.68 bits per heavy atom. The Morgan fingerprint density at radius 3 is 2.36 bits per heavy atom. The summed E-state index contributed by atoms with van der Waals surface area (Å²) in [4.78, 5) is 23.9. The highest BCUT2D eigenvalue weighted by Crippen LogP contribution is 2.21. The van der Waals surface area contributed by atoms with Gasteiger partial charge < -0.3 is 0 Å². The quantitative estimate of drug-likeness (QED) is 0.674. The second-order valence-corrected chi connectivity index (χ2v) is 5.80. The van der Waals surface area contributed by atoms with Crippen LogP contribution in [-0.2, 0) is 0 Å². The van der Waals surface area contributed by atoms with Gasteiger partial charge in [0.25, 0.3) is 0 Å². The van der Waals surface area contributed by atoms with Gasteiger partial charge in [-0.2, -0.15) is 0 Å². The third kappa shape index (κ3) is 2.44. The number of aryl methyl sites for hydroxylation is 1. The van der Waals surface area contributed by atoms with E-state index in [1.54, 1.807) is 35.2 Å². The topological polar surface area (TPSA) is 44.0 Å². The lowest BCUT2D eigenvalue weighted by Crippen LogP contribution is -2.22. The predicted octanol–water partition coefficient (Wildman–Crippen LogP) is 3.51. The molecule has 0 unspecified atom stereocenters. The lowest BCUT2D eigenvalue weighted by atomic mass is 10.2. The number of imidazole rings is 1. The highest BCUT2D eigenvalue weighted by Gasteiger charge is 2.12. The Hall–Kier alpha value is -2.40. The Balaban J connectivity index is 2.16.